The van der Waals surface area contributed by atoms with Crippen molar-refractivity contribution in [3.63, 3.8) is 0 Å². The minimum Gasteiger partial charge on any atom is -0.373 e. The van der Waals surface area contributed by atoms with Crippen LogP contribution in [-0.4, -0.2) is 34.5 Å². The molecule has 3 aromatic carbocycles. The van der Waals surface area contributed by atoms with E-state index in [9.17, 15) is 17.6 Å². The van der Waals surface area contributed by atoms with E-state index in [1.165, 1.54) is 24.3 Å². The molecule has 3 rings (SSSR count). The van der Waals surface area contributed by atoms with Crippen LogP contribution in [0, 0.1) is 5.82 Å². The fraction of sp³-hybridized carbons (Fsp3) is 0.136. The maximum absolute atomic E-state index is 13.0. The Labute approximate surface area is 175 Å². The highest BCUT2D eigenvalue weighted by Crippen LogP contribution is 2.17. The van der Waals surface area contributed by atoms with Crippen molar-refractivity contribution >= 4 is 27.3 Å². The third-order valence-electron chi connectivity index (χ3n) is 4.45. The van der Waals surface area contributed by atoms with Crippen LogP contribution in [0.25, 0.3) is 0 Å². The molecule has 0 aliphatic heterocycles. The lowest BCUT2D eigenvalue weighted by Gasteiger charge is -2.19. The van der Waals surface area contributed by atoms with Crippen LogP contribution < -0.4 is 14.9 Å². The number of anilines is 2. The third kappa shape index (κ3) is 5.57. The van der Waals surface area contributed by atoms with Crippen molar-refractivity contribution in [3.05, 3.63) is 90.2 Å². The van der Waals surface area contributed by atoms with Gasteiger partial charge < -0.3 is 10.2 Å². The van der Waals surface area contributed by atoms with E-state index in [1.54, 1.807) is 12.1 Å². The smallest absolute Gasteiger partial charge is 0.261 e. The molecule has 0 aliphatic rings. The van der Waals surface area contributed by atoms with Crippen molar-refractivity contribution in [3.8, 4) is 0 Å². The number of para-hydroxylation sites is 1. The van der Waals surface area contributed by atoms with Crippen LogP contribution in [0.2, 0.25) is 0 Å². The van der Waals surface area contributed by atoms with Crippen LogP contribution in [-0.2, 0) is 10.0 Å². The van der Waals surface area contributed by atoms with Gasteiger partial charge in [0.05, 0.1) is 4.90 Å². The Kier molecular flexibility index (Phi) is 6.68. The van der Waals surface area contributed by atoms with Gasteiger partial charge in [-0.15, -0.1) is 0 Å². The summed E-state index contributed by atoms with van der Waals surface area (Å²) >= 11 is 0. The highest BCUT2D eigenvalue weighted by atomic mass is 32.2. The maximum Gasteiger partial charge on any atom is 0.261 e. The molecule has 8 heteroatoms. The lowest BCUT2D eigenvalue weighted by Crippen LogP contribution is -2.32. The van der Waals surface area contributed by atoms with Crippen LogP contribution in [0.5, 0.6) is 0 Å². The van der Waals surface area contributed by atoms with Gasteiger partial charge in [0.2, 0.25) is 0 Å². The average molecular weight is 428 g/mol. The summed E-state index contributed by atoms with van der Waals surface area (Å²) in [5.74, 6) is -0.760. The van der Waals surface area contributed by atoms with Crippen LogP contribution >= 0.6 is 0 Å². The zero-order chi connectivity index (χ0) is 21.6. The molecule has 0 aliphatic carbocycles. The predicted octanol–water partition coefficient (Wildman–Crippen LogP) is 3.49. The molecule has 0 atom stereocenters. The number of hydrogen-bond donors (Lipinski definition) is 2. The largest absolute Gasteiger partial charge is 0.373 e. The summed E-state index contributed by atoms with van der Waals surface area (Å²) in [5.41, 5.74) is 1.78. The number of halogens is 1. The van der Waals surface area contributed by atoms with E-state index in [2.05, 4.69) is 10.0 Å². The Bertz CT molecular complexity index is 1090. The summed E-state index contributed by atoms with van der Waals surface area (Å²) in [5, 5.41) is 2.84. The number of benzene rings is 3. The molecule has 30 heavy (non-hydrogen) atoms. The molecule has 0 saturated carbocycles. The number of rotatable bonds is 8. The second-order valence-corrected chi connectivity index (χ2v) is 8.33. The van der Waals surface area contributed by atoms with Crippen LogP contribution in [0.15, 0.2) is 83.8 Å². The van der Waals surface area contributed by atoms with E-state index in [4.69, 9.17) is 0 Å². The van der Waals surface area contributed by atoms with Gasteiger partial charge in [-0.1, -0.05) is 18.2 Å². The number of sulfonamides is 1. The molecule has 0 unspecified atom stereocenters. The van der Waals surface area contributed by atoms with Gasteiger partial charge >= 0.3 is 0 Å². The van der Waals surface area contributed by atoms with Crippen molar-refractivity contribution in [1.29, 1.82) is 0 Å². The van der Waals surface area contributed by atoms with Gasteiger partial charge in [0, 0.05) is 37.1 Å². The Morgan fingerprint density at radius 3 is 2.20 bits per heavy atom. The first-order valence-electron chi connectivity index (χ1n) is 9.28. The van der Waals surface area contributed by atoms with Crippen molar-refractivity contribution < 1.29 is 17.6 Å². The summed E-state index contributed by atoms with van der Waals surface area (Å²) in [4.78, 5) is 14.3. The van der Waals surface area contributed by atoms with Gasteiger partial charge in [-0.3, -0.25) is 9.52 Å². The minimum absolute atomic E-state index is 0.0479. The van der Waals surface area contributed by atoms with Crippen LogP contribution in [0.3, 0.4) is 0 Å². The normalized spacial score (nSPS) is 11.0. The first-order valence-corrected chi connectivity index (χ1v) is 10.8. The maximum atomic E-state index is 13.0. The molecule has 0 bridgehead atoms. The molecular weight excluding hydrogens is 405 g/mol. The highest BCUT2D eigenvalue weighted by Gasteiger charge is 2.14. The van der Waals surface area contributed by atoms with E-state index in [-0.39, 0.29) is 10.8 Å². The number of nitrogens with one attached hydrogen (secondary N) is 2. The first kappa shape index (κ1) is 21.3. The summed E-state index contributed by atoms with van der Waals surface area (Å²) in [6.07, 6.45) is 0. The Morgan fingerprint density at radius 1 is 0.933 bits per heavy atom. The standard InChI is InChI=1S/C22H22FN3O3S/c1-26(20-5-3-2-4-6-20)16-15-24-22(27)17-7-11-19(12-8-17)25-30(28,29)21-13-9-18(23)10-14-21/h2-14,25H,15-16H2,1H3,(H,24,27). The van der Waals surface area contributed by atoms with Gasteiger partial charge in [-0.2, -0.15) is 0 Å². The van der Waals surface area contributed by atoms with Gasteiger partial charge in [-0.05, 0) is 60.7 Å². The molecule has 0 fully saturated rings. The number of hydrogen-bond acceptors (Lipinski definition) is 4. The molecule has 0 heterocycles. The lowest BCUT2D eigenvalue weighted by atomic mass is 10.2. The number of nitrogens with zero attached hydrogens (tertiary/aromatic N) is 1. The van der Waals surface area contributed by atoms with E-state index >= 15 is 0 Å². The van der Waals surface area contributed by atoms with Crippen molar-refractivity contribution in [2.24, 2.45) is 0 Å². The van der Waals surface area contributed by atoms with Crippen molar-refractivity contribution in [2.45, 2.75) is 4.90 Å². The summed E-state index contributed by atoms with van der Waals surface area (Å²) in [7, 11) is -1.89. The second-order valence-electron chi connectivity index (χ2n) is 6.65. The Hall–Kier alpha value is -3.39. The highest BCUT2D eigenvalue weighted by molar-refractivity contribution is 7.92. The van der Waals surface area contributed by atoms with E-state index in [1.807, 2.05) is 42.3 Å². The van der Waals surface area contributed by atoms with Crippen molar-refractivity contribution in [1.82, 2.24) is 5.32 Å². The van der Waals surface area contributed by atoms with Gasteiger partial charge in [0.1, 0.15) is 5.82 Å². The zero-order valence-corrected chi connectivity index (χ0v) is 17.2. The summed E-state index contributed by atoms with van der Waals surface area (Å²) in [6, 6.07) is 20.5. The van der Waals surface area contributed by atoms with Crippen molar-refractivity contribution in [2.75, 3.05) is 29.8 Å². The van der Waals surface area contributed by atoms with E-state index in [0.717, 1.165) is 17.8 Å². The molecule has 0 aromatic heterocycles. The number of likely N-dealkylation sites (N-methyl/N-ethyl adjacent to an activating group) is 1. The molecule has 1 amide bonds. The Balaban J connectivity index is 1.54. The molecule has 0 spiro atoms. The zero-order valence-electron chi connectivity index (χ0n) is 16.4. The fourth-order valence-corrected chi connectivity index (χ4v) is 3.83. The van der Waals surface area contributed by atoms with Gasteiger partial charge in [0.15, 0.2) is 0 Å². The number of amides is 1. The number of carbonyl (C=O) groups is 1. The summed E-state index contributed by atoms with van der Waals surface area (Å²) in [6.45, 7) is 1.11. The Morgan fingerprint density at radius 2 is 1.57 bits per heavy atom. The molecule has 0 saturated heterocycles. The van der Waals surface area contributed by atoms with E-state index in [0.29, 0.717) is 24.3 Å². The molecule has 2 N–H and O–H groups in total. The lowest BCUT2D eigenvalue weighted by molar-refractivity contribution is 0.0954. The minimum atomic E-state index is -3.84. The molecule has 6 nitrogen and oxygen atoms in total. The molecular formula is C22H22FN3O3S. The fourth-order valence-electron chi connectivity index (χ4n) is 2.77. The summed E-state index contributed by atoms with van der Waals surface area (Å²) < 4.78 is 40.1. The molecule has 156 valence electrons. The third-order valence-corrected chi connectivity index (χ3v) is 5.85. The quantitative estimate of drug-likeness (QED) is 0.577. The van der Waals surface area contributed by atoms with Gasteiger partial charge in [0.25, 0.3) is 15.9 Å². The number of carbonyl (C=O) groups excluding carboxylic acids is 1. The molecule has 3 aromatic rings. The van der Waals surface area contributed by atoms with Crippen LogP contribution in [0.1, 0.15) is 10.4 Å². The molecule has 0 radical (unpaired) electrons. The first-order chi connectivity index (χ1) is 14.3. The second kappa shape index (κ2) is 9.41. The SMILES string of the molecule is CN(CCNC(=O)c1ccc(NS(=O)(=O)c2ccc(F)cc2)cc1)c1ccccc1. The van der Waals surface area contributed by atoms with Crippen LogP contribution in [0.4, 0.5) is 15.8 Å². The van der Waals surface area contributed by atoms with E-state index < -0.39 is 15.8 Å². The van der Waals surface area contributed by atoms with Gasteiger partial charge in [-0.25, -0.2) is 12.8 Å². The topological polar surface area (TPSA) is 78.5 Å². The predicted molar refractivity (Wildman–Crippen MR) is 116 cm³/mol. The monoisotopic (exact) mass is 427 g/mol. The average Bonchev–Trinajstić information content (AvgIpc) is 2.74.